The number of benzene rings is 1. The quantitative estimate of drug-likeness (QED) is 0.777. The molecule has 3 heteroatoms. The van der Waals surface area contributed by atoms with Crippen LogP contribution in [-0.4, -0.2) is 12.6 Å². The molecule has 2 N–H and O–H groups in total. The lowest BCUT2D eigenvalue weighted by molar-refractivity contribution is 0.462. The average Bonchev–Trinajstić information content (AvgIpc) is 2.17. The standard InChI is InChI=1S/C12H19FN2/c1-5-12(2,3)15(4)11-7-6-9(14)8-10(11)13/h6-8H,5,14H2,1-4H3. The van der Waals surface area contributed by atoms with Gasteiger partial charge in [0.2, 0.25) is 0 Å². The molecular formula is C12H19FN2. The van der Waals surface area contributed by atoms with Crippen molar-refractivity contribution in [2.75, 3.05) is 17.7 Å². The van der Waals surface area contributed by atoms with Gasteiger partial charge in [0.25, 0.3) is 0 Å². The Morgan fingerprint density at radius 2 is 2.00 bits per heavy atom. The topological polar surface area (TPSA) is 29.3 Å². The first-order chi connectivity index (χ1) is 6.88. The van der Waals surface area contributed by atoms with E-state index in [1.165, 1.54) is 6.07 Å². The molecule has 0 saturated heterocycles. The summed E-state index contributed by atoms with van der Waals surface area (Å²) in [6.45, 7) is 6.26. The molecule has 15 heavy (non-hydrogen) atoms. The van der Waals surface area contributed by atoms with Gasteiger partial charge in [0, 0.05) is 18.3 Å². The predicted octanol–water partition coefficient (Wildman–Crippen LogP) is 3.03. The Bertz CT molecular complexity index is 347. The van der Waals surface area contributed by atoms with Crippen LogP contribution in [-0.2, 0) is 0 Å². The summed E-state index contributed by atoms with van der Waals surface area (Å²) in [5, 5.41) is 0. The van der Waals surface area contributed by atoms with Crippen LogP contribution >= 0.6 is 0 Å². The van der Waals surface area contributed by atoms with Crippen molar-refractivity contribution in [1.82, 2.24) is 0 Å². The third kappa shape index (κ3) is 2.41. The van der Waals surface area contributed by atoms with Crippen molar-refractivity contribution in [2.24, 2.45) is 0 Å². The number of hydrogen-bond acceptors (Lipinski definition) is 2. The lowest BCUT2D eigenvalue weighted by atomic mass is 9.99. The van der Waals surface area contributed by atoms with Crippen molar-refractivity contribution >= 4 is 11.4 Å². The fourth-order valence-electron chi connectivity index (χ4n) is 1.36. The molecule has 0 aliphatic heterocycles. The first-order valence-electron chi connectivity index (χ1n) is 5.17. The number of anilines is 2. The largest absolute Gasteiger partial charge is 0.399 e. The fourth-order valence-corrected chi connectivity index (χ4v) is 1.36. The Labute approximate surface area is 90.9 Å². The van der Waals surface area contributed by atoms with E-state index in [1.54, 1.807) is 12.1 Å². The van der Waals surface area contributed by atoms with Crippen molar-refractivity contribution in [2.45, 2.75) is 32.7 Å². The normalized spacial score (nSPS) is 11.5. The van der Waals surface area contributed by atoms with Crippen LogP contribution in [0, 0.1) is 5.82 Å². The third-order valence-corrected chi connectivity index (χ3v) is 3.11. The number of rotatable bonds is 3. The van der Waals surface area contributed by atoms with Crippen LogP contribution in [0.5, 0.6) is 0 Å². The second-order valence-electron chi connectivity index (χ2n) is 4.44. The minimum Gasteiger partial charge on any atom is -0.399 e. The Balaban J connectivity index is 3.06. The molecule has 0 fully saturated rings. The van der Waals surface area contributed by atoms with Crippen molar-refractivity contribution in [3.63, 3.8) is 0 Å². The summed E-state index contributed by atoms with van der Waals surface area (Å²) in [5.41, 5.74) is 6.50. The average molecular weight is 210 g/mol. The highest BCUT2D eigenvalue weighted by Gasteiger charge is 2.23. The second kappa shape index (κ2) is 4.09. The number of hydrogen-bond donors (Lipinski definition) is 1. The van der Waals surface area contributed by atoms with Gasteiger partial charge in [-0.15, -0.1) is 0 Å². The first-order valence-corrected chi connectivity index (χ1v) is 5.17. The maximum atomic E-state index is 13.6. The van der Waals surface area contributed by atoms with Crippen LogP contribution in [0.3, 0.4) is 0 Å². The van der Waals surface area contributed by atoms with Crippen molar-refractivity contribution in [1.29, 1.82) is 0 Å². The molecular weight excluding hydrogens is 191 g/mol. The molecule has 0 atom stereocenters. The van der Waals surface area contributed by atoms with Gasteiger partial charge in [-0.05, 0) is 38.5 Å². The lowest BCUT2D eigenvalue weighted by Crippen LogP contribution is -2.41. The van der Waals surface area contributed by atoms with Crippen LogP contribution in [0.25, 0.3) is 0 Å². The fraction of sp³-hybridized carbons (Fsp3) is 0.500. The molecule has 1 rings (SSSR count). The van der Waals surface area contributed by atoms with Gasteiger partial charge in [-0.2, -0.15) is 0 Å². The molecule has 0 amide bonds. The smallest absolute Gasteiger partial charge is 0.148 e. The van der Waals surface area contributed by atoms with E-state index >= 15 is 0 Å². The van der Waals surface area contributed by atoms with Gasteiger partial charge in [0.15, 0.2) is 0 Å². The monoisotopic (exact) mass is 210 g/mol. The zero-order valence-corrected chi connectivity index (χ0v) is 9.84. The van der Waals surface area contributed by atoms with Gasteiger partial charge < -0.3 is 10.6 Å². The van der Waals surface area contributed by atoms with Gasteiger partial charge in [-0.25, -0.2) is 4.39 Å². The molecule has 0 unspecified atom stereocenters. The lowest BCUT2D eigenvalue weighted by Gasteiger charge is -2.37. The van der Waals surface area contributed by atoms with Crippen molar-refractivity contribution in [3.05, 3.63) is 24.0 Å². The molecule has 0 heterocycles. The molecule has 0 aliphatic carbocycles. The molecule has 0 radical (unpaired) electrons. The van der Waals surface area contributed by atoms with Crippen molar-refractivity contribution < 1.29 is 4.39 Å². The van der Waals surface area contributed by atoms with Crippen LogP contribution < -0.4 is 10.6 Å². The Hall–Kier alpha value is -1.25. The molecule has 0 aromatic heterocycles. The summed E-state index contributed by atoms with van der Waals surface area (Å²) in [7, 11) is 1.90. The van der Waals surface area contributed by atoms with E-state index in [2.05, 4.69) is 20.8 Å². The highest BCUT2D eigenvalue weighted by molar-refractivity contribution is 5.55. The summed E-state index contributed by atoms with van der Waals surface area (Å²) < 4.78 is 13.6. The summed E-state index contributed by atoms with van der Waals surface area (Å²) in [5.74, 6) is -0.265. The van der Waals surface area contributed by atoms with E-state index in [-0.39, 0.29) is 11.4 Å². The zero-order valence-electron chi connectivity index (χ0n) is 9.84. The SMILES string of the molecule is CCC(C)(C)N(C)c1ccc(N)cc1F. The molecule has 2 nitrogen and oxygen atoms in total. The number of nitrogen functional groups attached to an aromatic ring is 1. The molecule has 0 spiro atoms. The Kier molecular flexibility index (Phi) is 3.22. The summed E-state index contributed by atoms with van der Waals surface area (Å²) in [6.07, 6.45) is 0.952. The summed E-state index contributed by atoms with van der Waals surface area (Å²) in [4.78, 5) is 1.95. The molecule has 0 aliphatic rings. The van der Waals surface area contributed by atoms with E-state index in [0.29, 0.717) is 11.4 Å². The summed E-state index contributed by atoms with van der Waals surface area (Å²) in [6, 6.07) is 4.81. The van der Waals surface area contributed by atoms with E-state index < -0.39 is 0 Å². The molecule has 1 aromatic carbocycles. The first kappa shape index (κ1) is 11.8. The number of nitrogens with two attached hydrogens (primary N) is 1. The number of halogens is 1. The van der Waals surface area contributed by atoms with E-state index in [0.717, 1.165) is 6.42 Å². The van der Waals surface area contributed by atoms with Gasteiger partial charge in [0.05, 0.1) is 5.69 Å². The minimum atomic E-state index is -0.265. The zero-order chi connectivity index (χ0) is 11.6. The van der Waals surface area contributed by atoms with Crippen LogP contribution in [0.1, 0.15) is 27.2 Å². The number of nitrogens with zero attached hydrogens (tertiary/aromatic N) is 1. The molecule has 84 valence electrons. The highest BCUT2D eigenvalue weighted by Crippen LogP contribution is 2.28. The Morgan fingerprint density at radius 1 is 1.40 bits per heavy atom. The van der Waals surface area contributed by atoms with Crippen LogP contribution in [0.15, 0.2) is 18.2 Å². The van der Waals surface area contributed by atoms with Crippen LogP contribution in [0.2, 0.25) is 0 Å². The van der Waals surface area contributed by atoms with Gasteiger partial charge >= 0.3 is 0 Å². The minimum absolute atomic E-state index is 0.0586. The van der Waals surface area contributed by atoms with Gasteiger partial charge in [0.1, 0.15) is 5.82 Å². The van der Waals surface area contributed by atoms with E-state index in [9.17, 15) is 4.39 Å². The maximum Gasteiger partial charge on any atom is 0.148 e. The predicted molar refractivity (Wildman–Crippen MR) is 63.6 cm³/mol. The van der Waals surface area contributed by atoms with Crippen molar-refractivity contribution in [3.8, 4) is 0 Å². The second-order valence-corrected chi connectivity index (χ2v) is 4.44. The van der Waals surface area contributed by atoms with E-state index in [4.69, 9.17) is 5.73 Å². The van der Waals surface area contributed by atoms with Gasteiger partial charge in [-0.3, -0.25) is 0 Å². The van der Waals surface area contributed by atoms with Gasteiger partial charge in [-0.1, -0.05) is 6.92 Å². The Morgan fingerprint density at radius 3 is 2.47 bits per heavy atom. The maximum absolute atomic E-state index is 13.6. The highest BCUT2D eigenvalue weighted by atomic mass is 19.1. The third-order valence-electron chi connectivity index (χ3n) is 3.11. The molecule has 1 aromatic rings. The molecule has 0 bridgehead atoms. The molecule has 0 saturated carbocycles. The van der Waals surface area contributed by atoms with E-state index in [1.807, 2.05) is 11.9 Å². The summed E-state index contributed by atoms with van der Waals surface area (Å²) >= 11 is 0. The van der Waals surface area contributed by atoms with Crippen LogP contribution in [0.4, 0.5) is 15.8 Å².